The lowest BCUT2D eigenvalue weighted by atomic mass is 9.72. The van der Waals surface area contributed by atoms with Crippen molar-refractivity contribution in [3.8, 4) is 62.6 Å². The maximum absolute atomic E-state index is 7.00. The van der Waals surface area contributed by atoms with Crippen LogP contribution in [0.2, 0.25) is 0 Å². The van der Waals surface area contributed by atoms with Crippen LogP contribution in [-0.2, 0) is 19.5 Å². The van der Waals surface area contributed by atoms with Gasteiger partial charge in [-0.25, -0.2) is 9.97 Å². The van der Waals surface area contributed by atoms with Gasteiger partial charge < -0.3 is 35.9 Å². The standard InChI is InChI=1S/C42H56N6.C3H7N.C2H5N.3C2H6.4C2H2.CH4O/c1-9-13-28(7)47(27(5)6)25-40-43-24-39(45-40)33-17-19-35-30(21-33)15-16-31-23-37-32(22-36(31)35)18-20-38-42(37)46-41(44-38)26-48(29(8)14-10-2)34(11-3)12-4;1-3-4-2;1-2-3;8*1-2/h17-24,27,31,34,36H,7-16,25-26H2,1-6H3,(H,43,45)(H,44,46);3-4H,1H2,2H3;2H,1,3H2;3*1-2H3;4*1-2H;2H,1H3. The maximum atomic E-state index is 7.00. The molecule has 2 aliphatic rings. The van der Waals surface area contributed by atoms with E-state index in [1.165, 1.54) is 44.7 Å². The fourth-order valence-corrected chi connectivity index (χ4v) is 8.08. The summed E-state index contributed by atoms with van der Waals surface area (Å²) in [6.45, 7) is 42.3. The quantitative estimate of drug-likeness (QED) is 0.0709. The van der Waals surface area contributed by atoms with Crippen molar-refractivity contribution in [1.82, 2.24) is 35.1 Å². The van der Waals surface area contributed by atoms with Gasteiger partial charge in [0, 0.05) is 48.8 Å². The molecule has 0 amide bonds. The van der Waals surface area contributed by atoms with Crippen LogP contribution in [0.5, 0.6) is 0 Å². The first-order valence-electron chi connectivity index (χ1n) is 25.2. The van der Waals surface area contributed by atoms with E-state index in [0.717, 1.165) is 99.9 Å². The van der Waals surface area contributed by atoms with Crippen molar-refractivity contribution >= 4 is 23.2 Å². The molecule has 71 heavy (non-hydrogen) atoms. The number of aromatic amines is 2. The zero-order chi connectivity index (χ0) is 56.1. The van der Waals surface area contributed by atoms with Gasteiger partial charge in [0.05, 0.1) is 36.0 Å². The molecule has 2 aromatic carbocycles. The number of aromatic nitrogens is 4. The maximum Gasteiger partial charge on any atom is 0.126 e. The van der Waals surface area contributed by atoms with E-state index in [4.69, 9.17) is 15.1 Å². The topological polar surface area (TPSA) is 122 Å². The van der Waals surface area contributed by atoms with Crippen molar-refractivity contribution in [2.24, 2.45) is 11.7 Å². The Bertz CT molecular complexity index is 2190. The van der Waals surface area contributed by atoms with Crippen LogP contribution < -0.4 is 21.5 Å². The van der Waals surface area contributed by atoms with Crippen molar-refractivity contribution in [1.29, 1.82) is 0 Å². The number of aliphatic hydroxyl groups is 1. The van der Waals surface area contributed by atoms with Crippen molar-refractivity contribution in [2.75, 3.05) is 14.2 Å². The second-order valence-corrected chi connectivity index (χ2v) is 15.0. The Hall–Kier alpha value is -6.78. The first kappa shape index (κ1) is 73.2. The molecule has 0 saturated carbocycles. The number of aryl methyl sites for hydroxylation is 1. The lowest BCUT2D eigenvalue weighted by Gasteiger charge is -2.33. The molecule has 9 heteroatoms. The van der Waals surface area contributed by atoms with Crippen LogP contribution in [0.1, 0.15) is 157 Å². The lowest BCUT2D eigenvalue weighted by Crippen LogP contribution is -2.35. The number of terminal acetylenes is 4. The lowest BCUT2D eigenvalue weighted by molar-refractivity contribution is 0.220. The predicted molar refractivity (Wildman–Crippen MR) is 317 cm³/mol. The number of imidazole rings is 2. The number of H-pyrrole nitrogens is 2. The third kappa shape index (κ3) is 23.6. The van der Waals surface area contributed by atoms with E-state index in [2.05, 4.69) is 193 Å². The third-order valence-corrected chi connectivity index (χ3v) is 10.9. The summed E-state index contributed by atoms with van der Waals surface area (Å²) in [4.78, 5) is 22.1. The zero-order valence-corrected chi connectivity index (χ0v) is 46.9. The SMILES string of the molecule is C#C.C#C.C#C.C#C.C=C(CCC)N(Cc1ncc(-c2ccc3c(c2)CCC2C=c4c(ccc5[nH]c(CN(C(=C)CCC)C(CC)CC)nc45)=CC32)[nH]1)C(C)C.C=CN.C=CNC.CC.CC.CC.CO. The monoisotopic (exact) mass is 971 g/mol. The summed E-state index contributed by atoms with van der Waals surface area (Å²) < 4.78 is 0. The van der Waals surface area contributed by atoms with Crippen LogP contribution in [-0.4, -0.2) is 61.1 Å². The molecule has 2 heterocycles. The fourth-order valence-electron chi connectivity index (χ4n) is 8.08. The highest BCUT2D eigenvalue weighted by Gasteiger charge is 2.29. The van der Waals surface area contributed by atoms with Gasteiger partial charge in [-0.3, -0.25) is 0 Å². The average Bonchev–Trinajstić information content (AvgIpc) is 4.10. The van der Waals surface area contributed by atoms with Crippen LogP contribution in [0, 0.1) is 57.3 Å². The molecule has 6 N–H and O–H groups in total. The molecule has 392 valence electrons. The number of benzene rings is 2. The average molecular weight is 972 g/mol. The van der Waals surface area contributed by atoms with Crippen LogP contribution in [0.4, 0.5) is 0 Å². The van der Waals surface area contributed by atoms with E-state index in [0.29, 0.717) is 23.9 Å². The summed E-state index contributed by atoms with van der Waals surface area (Å²) in [5, 5.41) is 12.3. The van der Waals surface area contributed by atoms with Crippen molar-refractivity contribution < 1.29 is 5.11 Å². The minimum Gasteiger partial charge on any atom is -0.405 e. The van der Waals surface area contributed by atoms with Crippen LogP contribution >= 0.6 is 0 Å². The minimum absolute atomic E-state index is 0.384. The van der Waals surface area contributed by atoms with E-state index in [1.807, 2.05) is 54.8 Å². The van der Waals surface area contributed by atoms with E-state index in [9.17, 15) is 0 Å². The van der Waals surface area contributed by atoms with Crippen LogP contribution in [0.15, 0.2) is 86.6 Å². The van der Waals surface area contributed by atoms with E-state index >= 15 is 0 Å². The summed E-state index contributed by atoms with van der Waals surface area (Å²) in [5.41, 5.74) is 14.5. The summed E-state index contributed by atoms with van der Waals surface area (Å²) in [5.74, 6) is 2.88. The molecule has 2 aromatic heterocycles. The van der Waals surface area contributed by atoms with Gasteiger partial charge in [0.25, 0.3) is 0 Å². The van der Waals surface area contributed by atoms with Crippen molar-refractivity contribution in [3.63, 3.8) is 0 Å². The normalized spacial score (nSPS) is 12.2. The molecule has 2 atom stereocenters. The van der Waals surface area contributed by atoms with Crippen LogP contribution in [0.3, 0.4) is 0 Å². The molecule has 0 spiro atoms. The highest BCUT2D eigenvalue weighted by Crippen LogP contribution is 2.40. The molecule has 2 aliphatic carbocycles. The Morgan fingerprint density at radius 3 is 1.79 bits per heavy atom. The first-order chi connectivity index (χ1) is 34.6. The zero-order valence-electron chi connectivity index (χ0n) is 46.9. The predicted octanol–water partition coefficient (Wildman–Crippen LogP) is 12.8. The Labute approximate surface area is 435 Å². The molecule has 0 radical (unpaired) electrons. The number of nitrogens with zero attached hydrogens (tertiary/aromatic N) is 4. The number of allylic oxidation sites excluding steroid dienone is 2. The van der Waals surface area contributed by atoms with E-state index < -0.39 is 0 Å². The van der Waals surface area contributed by atoms with Gasteiger partial charge >= 0.3 is 0 Å². The molecule has 6 rings (SSSR count). The van der Waals surface area contributed by atoms with Gasteiger partial charge in [-0.05, 0) is 105 Å². The van der Waals surface area contributed by atoms with E-state index in [1.54, 1.807) is 6.20 Å². The first-order valence-corrected chi connectivity index (χ1v) is 25.2. The Morgan fingerprint density at radius 2 is 1.31 bits per heavy atom. The van der Waals surface area contributed by atoms with Crippen LogP contribution in [0.25, 0.3) is 34.4 Å². The Kier molecular flexibility index (Phi) is 48.4. The van der Waals surface area contributed by atoms with Gasteiger partial charge in [-0.15, -0.1) is 51.4 Å². The van der Waals surface area contributed by atoms with Gasteiger partial charge in [-0.2, -0.15) is 0 Å². The van der Waals surface area contributed by atoms with Gasteiger partial charge in [-0.1, -0.05) is 139 Å². The van der Waals surface area contributed by atoms with Gasteiger partial charge in [0.1, 0.15) is 11.6 Å². The summed E-state index contributed by atoms with van der Waals surface area (Å²) in [7, 11) is 2.81. The minimum atomic E-state index is 0.384. The number of nitrogens with two attached hydrogens (primary N) is 1. The number of hydrogen-bond donors (Lipinski definition) is 5. The molecule has 2 unspecified atom stereocenters. The molecule has 0 bridgehead atoms. The molecule has 0 aliphatic heterocycles. The highest BCUT2D eigenvalue weighted by molar-refractivity contribution is 5.78. The second kappa shape index (κ2) is 46.9. The fraction of sp³-hybridized carbons (Fsp3) is 0.452. The summed E-state index contributed by atoms with van der Waals surface area (Å²) in [6, 6.07) is 12.4. The number of rotatable bonds is 16. The highest BCUT2D eigenvalue weighted by atomic mass is 16.2. The number of aliphatic hydroxyl groups excluding tert-OH is 1. The Morgan fingerprint density at radius 1 is 0.803 bits per heavy atom. The molecule has 0 saturated heterocycles. The number of fused-ring (bicyclic) bond motifs is 6. The van der Waals surface area contributed by atoms with Gasteiger partial charge in [0.2, 0.25) is 0 Å². The molecular weight excluding hydrogens is 873 g/mol. The molecule has 4 aromatic rings. The van der Waals surface area contributed by atoms with Crippen molar-refractivity contribution in [2.45, 2.75) is 166 Å². The van der Waals surface area contributed by atoms with Crippen molar-refractivity contribution in [3.05, 3.63) is 120 Å². The smallest absolute Gasteiger partial charge is 0.126 e. The molecule has 9 nitrogen and oxygen atoms in total. The van der Waals surface area contributed by atoms with E-state index in [-0.39, 0.29) is 0 Å². The molecule has 0 fully saturated rings. The third-order valence-electron chi connectivity index (χ3n) is 10.9. The molecular formula is C62H98N8O. The summed E-state index contributed by atoms with van der Waals surface area (Å²) in [6.07, 6.45) is 50.6. The summed E-state index contributed by atoms with van der Waals surface area (Å²) >= 11 is 0. The second-order valence-electron chi connectivity index (χ2n) is 15.0. The number of nitrogens with one attached hydrogen (secondary N) is 3. The number of hydrogen-bond acceptors (Lipinski definition) is 7. The van der Waals surface area contributed by atoms with Gasteiger partial charge in [0.15, 0.2) is 0 Å². The largest absolute Gasteiger partial charge is 0.405 e. The Balaban J connectivity index is -0.000000549.